The van der Waals surface area contributed by atoms with E-state index in [2.05, 4.69) is 48.3 Å². The molecule has 1 aliphatic heterocycles. The first-order chi connectivity index (χ1) is 10.4. The first kappa shape index (κ1) is 20.6. The van der Waals surface area contributed by atoms with E-state index in [4.69, 9.17) is 4.98 Å². The summed E-state index contributed by atoms with van der Waals surface area (Å²) >= 11 is 1.72. The summed E-state index contributed by atoms with van der Waals surface area (Å²) in [7, 11) is 0. The Kier molecular flexibility index (Phi) is 8.23. The van der Waals surface area contributed by atoms with Crippen molar-refractivity contribution >= 4 is 41.3 Å². The van der Waals surface area contributed by atoms with E-state index in [1.807, 2.05) is 0 Å². The molecule has 0 unspecified atom stereocenters. The van der Waals surface area contributed by atoms with Crippen molar-refractivity contribution < 1.29 is 5.11 Å². The summed E-state index contributed by atoms with van der Waals surface area (Å²) < 4.78 is 0. The van der Waals surface area contributed by atoms with Crippen LogP contribution in [0.4, 0.5) is 0 Å². The molecule has 1 aromatic heterocycles. The molecule has 0 saturated carbocycles. The van der Waals surface area contributed by atoms with Crippen LogP contribution in [0.1, 0.15) is 44.8 Å². The van der Waals surface area contributed by atoms with E-state index in [-0.39, 0.29) is 35.5 Å². The van der Waals surface area contributed by atoms with Crippen LogP contribution in [-0.2, 0) is 11.8 Å². The Bertz CT molecular complexity index is 512. The lowest BCUT2D eigenvalue weighted by Gasteiger charge is -2.20. The zero-order chi connectivity index (χ0) is 16.2. The summed E-state index contributed by atoms with van der Waals surface area (Å²) in [5, 5.41) is 16.3. The molecule has 0 bridgehead atoms. The number of halogens is 1. The van der Waals surface area contributed by atoms with Crippen LogP contribution in [0.25, 0.3) is 0 Å². The van der Waals surface area contributed by atoms with Gasteiger partial charge in [0.25, 0.3) is 0 Å². The lowest BCUT2D eigenvalue weighted by atomic mass is 9.93. The maximum atomic E-state index is 9.67. The minimum atomic E-state index is -0.225. The smallest absolute Gasteiger partial charge is 0.194 e. The average molecular weight is 452 g/mol. The molecule has 132 valence electrons. The highest BCUT2D eigenvalue weighted by molar-refractivity contribution is 14.0. The number of thiazole rings is 1. The molecule has 0 amide bonds. The Balaban J connectivity index is 0.00000264. The van der Waals surface area contributed by atoms with Crippen LogP contribution in [0.5, 0.6) is 0 Å². The summed E-state index contributed by atoms with van der Waals surface area (Å²) in [4.78, 5) is 11.5. The number of likely N-dealkylation sites (tertiary alicyclic amines) is 1. The maximum Gasteiger partial charge on any atom is 0.194 e. The summed E-state index contributed by atoms with van der Waals surface area (Å²) in [6, 6.07) is 0. The molecule has 2 heterocycles. The fourth-order valence-electron chi connectivity index (χ4n) is 2.39. The molecule has 2 N–H and O–H groups in total. The van der Waals surface area contributed by atoms with Gasteiger partial charge < -0.3 is 15.3 Å². The molecule has 1 saturated heterocycles. The largest absolute Gasteiger partial charge is 0.391 e. The topological polar surface area (TPSA) is 60.8 Å². The highest BCUT2D eigenvalue weighted by atomic mass is 127. The number of hydrogen-bond acceptors (Lipinski definition) is 4. The Morgan fingerprint density at radius 2 is 2.26 bits per heavy atom. The normalized spacial score (nSPS) is 18.9. The zero-order valence-corrected chi connectivity index (χ0v) is 17.6. The molecule has 0 spiro atoms. The van der Waals surface area contributed by atoms with Crippen molar-refractivity contribution in [3.63, 3.8) is 0 Å². The molecular weight excluding hydrogens is 423 g/mol. The van der Waals surface area contributed by atoms with Crippen LogP contribution < -0.4 is 5.32 Å². The summed E-state index contributed by atoms with van der Waals surface area (Å²) in [5.41, 5.74) is 1.27. The van der Waals surface area contributed by atoms with Crippen LogP contribution in [0.2, 0.25) is 0 Å². The standard InChI is InChI=1S/C16H28N4OS.HI/c1-5-17-15(20-9-7-12(21)10-20)18-8-6-14-19-13(11-22-14)16(2,3)4;/h11-12,21H,5-10H2,1-4H3,(H,17,18);1H/t12-;/m1./s1. The molecule has 1 aliphatic rings. The van der Waals surface area contributed by atoms with E-state index >= 15 is 0 Å². The van der Waals surface area contributed by atoms with Crippen molar-refractivity contribution in [2.45, 2.75) is 52.1 Å². The molecule has 7 heteroatoms. The fourth-order valence-corrected chi connectivity index (χ4v) is 3.40. The van der Waals surface area contributed by atoms with E-state index < -0.39 is 0 Å². The molecule has 23 heavy (non-hydrogen) atoms. The van der Waals surface area contributed by atoms with Gasteiger partial charge in [-0.05, 0) is 13.3 Å². The number of aliphatic hydroxyl groups excluding tert-OH is 1. The highest BCUT2D eigenvalue weighted by Gasteiger charge is 2.22. The third-order valence-corrected chi connectivity index (χ3v) is 4.61. The number of aliphatic hydroxyl groups is 1. The van der Waals surface area contributed by atoms with Gasteiger partial charge in [-0.3, -0.25) is 4.99 Å². The molecule has 0 aliphatic carbocycles. The molecule has 0 radical (unpaired) electrons. The van der Waals surface area contributed by atoms with Gasteiger partial charge in [0.1, 0.15) is 0 Å². The van der Waals surface area contributed by atoms with Gasteiger partial charge in [0, 0.05) is 43.4 Å². The third-order valence-electron chi connectivity index (χ3n) is 3.71. The van der Waals surface area contributed by atoms with E-state index in [1.165, 1.54) is 0 Å². The molecule has 1 aromatic rings. The Hall–Kier alpha value is -0.410. The number of hydrogen-bond donors (Lipinski definition) is 2. The third kappa shape index (κ3) is 6.19. The number of nitrogens with one attached hydrogen (secondary N) is 1. The van der Waals surface area contributed by atoms with Gasteiger partial charge >= 0.3 is 0 Å². The second-order valence-electron chi connectivity index (χ2n) is 6.75. The molecule has 1 fully saturated rings. The van der Waals surface area contributed by atoms with Crippen LogP contribution in [-0.4, -0.2) is 53.2 Å². The lowest BCUT2D eigenvalue weighted by molar-refractivity contribution is 0.188. The quantitative estimate of drug-likeness (QED) is 0.419. The van der Waals surface area contributed by atoms with E-state index in [0.29, 0.717) is 6.54 Å². The van der Waals surface area contributed by atoms with Crippen LogP contribution in [0.3, 0.4) is 0 Å². The number of aliphatic imine (C=N–C) groups is 1. The lowest BCUT2D eigenvalue weighted by Crippen LogP contribution is -2.40. The molecular formula is C16H29IN4OS. The number of β-amino-alcohol motifs (C(OH)–C–C–N with tert-alkyl or cyclic N) is 1. The number of nitrogens with zero attached hydrogens (tertiary/aromatic N) is 3. The second-order valence-corrected chi connectivity index (χ2v) is 7.69. The summed E-state index contributed by atoms with van der Waals surface area (Å²) in [6.07, 6.45) is 1.47. The van der Waals surface area contributed by atoms with Gasteiger partial charge in [-0.2, -0.15) is 0 Å². The van der Waals surface area contributed by atoms with Gasteiger partial charge in [0.2, 0.25) is 0 Å². The highest BCUT2D eigenvalue weighted by Crippen LogP contribution is 2.24. The Labute approximate surface area is 160 Å². The van der Waals surface area contributed by atoms with Crippen molar-refractivity contribution in [3.05, 3.63) is 16.1 Å². The van der Waals surface area contributed by atoms with Crippen molar-refractivity contribution in [1.82, 2.24) is 15.2 Å². The van der Waals surface area contributed by atoms with Gasteiger partial charge in [0.05, 0.1) is 16.8 Å². The van der Waals surface area contributed by atoms with Crippen molar-refractivity contribution in [3.8, 4) is 0 Å². The molecule has 2 rings (SSSR count). The van der Waals surface area contributed by atoms with Crippen LogP contribution in [0.15, 0.2) is 10.4 Å². The Morgan fingerprint density at radius 1 is 1.52 bits per heavy atom. The van der Waals surface area contributed by atoms with Gasteiger partial charge in [-0.25, -0.2) is 4.98 Å². The second kappa shape index (κ2) is 9.17. The first-order valence-electron chi connectivity index (χ1n) is 8.06. The predicted octanol–water partition coefficient (Wildman–Crippen LogP) is 2.63. The van der Waals surface area contributed by atoms with Gasteiger partial charge in [-0.15, -0.1) is 35.3 Å². The summed E-state index contributed by atoms with van der Waals surface area (Å²) in [5.74, 6) is 0.909. The number of rotatable bonds is 4. The van der Waals surface area contributed by atoms with Gasteiger partial charge in [-0.1, -0.05) is 20.8 Å². The number of aromatic nitrogens is 1. The van der Waals surface area contributed by atoms with E-state index in [0.717, 1.165) is 49.1 Å². The zero-order valence-electron chi connectivity index (χ0n) is 14.5. The first-order valence-corrected chi connectivity index (χ1v) is 8.94. The van der Waals surface area contributed by atoms with Crippen molar-refractivity contribution in [2.75, 3.05) is 26.2 Å². The monoisotopic (exact) mass is 452 g/mol. The van der Waals surface area contributed by atoms with Crippen molar-refractivity contribution in [2.24, 2.45) is 4.99 Å². The van der Waals surface area contributed by atoms with Crippen LogP contribution in [0, 0.1) is 0 Å². The predicted molar refractivity (Wildman–Crippen MR) is 108 cm³/mol. The van der Waals surface area contributed by atoms with E-state index in [1.54, 1.807) is 11.3 Å². The van der Waals surface area contributed by atoms with Gasteiger partial charge in [0.15, 0.2) is 5.96 Å². The van der Waals surface area contributed by atoms with E-state index in [9.17, 15) is 5.11 Å². The van der Waals surface area contributed by atoms with Crippen molar-refractivity contribution in [1.29, 1.82) is 0 Å². The minimum Gasteiger partial charge on any atom is -0.391 e. The minimum absolute atomic E-state index is 0. The number of guanidine groups is 1. The molecule has 5 nitrogen and oxygen atoms in total. The van der Waals surface area contributed by atoms with Crippen LogP contribution >= 0.6 is 35.3 Å². The maximum absolute atomic E-state index is 9.67. The summed E-state index contributed by atoms with van der Waals surface area (Å²) in [6.45, 7) is 11.8. The fraction of sp³-hybridized carbons (Fsp3) is 0.750. The molecule has 0 aromatic carbocycles. The Morgan fingerprint density at radius 3 is 2.78 bits per heavy atom. The molecule has 1 atom stereocenters. The SMILES string of the molecule is CCNC(=NCCc1nc(C(C)(C)C)cs1)N1CC[C@@H](O)C1.I. The average Bonchev–Trinajstić information content (AvgIpc) is 3.06.